The van der Waals surface area contributed by atoms with Crippen molar-refractivity contribution in [2.24, 2.45) is 0 Å². The van der Waals surface area contributed by atoms with Crippen molar-refractivity contribution in [3.63, 3.8) is 0 Å². The number of amides is 1. The third kappa shape index (κ3) is 5.14. The number of hydrogen-bond acceptors (Lipinski definition) is 4. The van der Waals surface area contributed by atoms with E-state index in [9.17, 15) is 18.0 Å². The van der Waals surface area contributed by atoms with Crippen LogP contribution in [0.2, 0.25) is 0 Å². The molecule has 112 valence electrons. The molecule has 0 unspecified atom stereocenters. The van der Waals surface area contributed by atoms with E-state index in [0.717, 1.165) is 6.26 Å². The van der Waals surface area contributed by atoms with Crippen molar-refractivity contribution in [2.45, 2.75) is 26.3 Å². The van der Waals surface area contributed by atoms with Gasteiger partial charge < -0.3 is 10.3 Å². The maximum Gasteiger partial charge on any atom is 0.256 e. The van der Waals surface area contributed by atoms with Gasteiger partial charge in [-0.25, -0.2) is 13.1 Å². The first-order chi connectivity index (χ1) is 9.00. The molecule has 0 aliphatic heterocycles. The molecule has 0 aromatic carbocycles. The number of hydrogen-bond donors (Lipinski definition) is 3. The highest BCUT2D eigenvalue weighted by Crippen LogP contribution is 2.02. The van der Waals surface area contributed by atoms with E-state index in [1.165, 1.54) is 12.3 Å². The summed E-state index contributed by atoms with van der Waals surface area (Å²) in [5, 5.41) is 2.54. The van der Waals surface area contributed by atoms with E-state index in [-0.39, 0.29) is 17.5 Å². The summed E-state index contributed by atoms with van der Waals surface area (Å²) in [6.45, 7) is 5.04. The molecule has 20 heavy (non-hydrogen) atoms. The summed E-state index contributed by atoms with van der Waals surface area (Å²) in [5.41, 5.74) is -0.579. The largest absolute Gasteiger partial charge is 0.364 e. The minimum Gasteiger partial charge on any atom is -0.364 e. The Bertz CT molecular complexity index is 662. The second kappa shape index (κ2) is 5.76. The second-order valence-electron chi connectivity index (χ2n) is 5.33. The number of pyridine rings is 1. The van der Waals surface area contributed by atoms with Gasteiger partial charge in [0.25, 0.3) is 5.91 Å². The molecule has 1 aromatic heterocycles. The van der Waals surface area contributed by atoms with Crippen molar-refractivity contribution >= 4 is 15.9 Å². The van der Waals surface area contributed by atoms with Crippen LogP contribution in [-0.2, 0) is 10.0 Å². The third-order valence-corrected chi connectivity index (χ3v) is 3.38. The molecule has 0 aliphatic carbocycles. The summed E-state index contributed by atoms with van der Waals surface area (Å²) in [5.74, 6) is -0.547. The first-order valence-electron chi connectivity index (χ1n) is 5.97. The molecule has 7 nitrogen and oxygen atoms in total. The molecule has 0 saturated heterocycles. The number of aryl methyl sites for hydroxylation is 1. The van der Waals surface area contributed by atoms with Crippen molar-refractivity contribution in [3.05, 3.63) is 33.7 Å². The van der Waals surface area contributed by atoms with Gasteiger partial charge in [-0.1, -0.05) is 0 Å². The number of nitrogens with one attached hydrogen (secondary N) is 3. The minimum atomic E-state index is -3.38. The van der Waals surface area contributed by atoms with Gasteiger partial charge in [0.2, 0.25) is 10.0 Å². The van der Waals surface area contributed by atoms with Gasteiger partial charge >= 0.3 is 0 Å². The zero-order chi connectivity index (χ0) is 15.6. The number of sulfonamides is 1. The van der Waals surface area contributed by atoms with Crippen LogP contribution in [0.15, 0.2) is 17.1 Å². The number of carbonyl (C=O) groups excluding carboxylic acids is 1. The van der Waals surface area contributed by atoms with Crippen LogP contribution in [0, 0.1) is 6.92 Å². The maximum absolute atomic E-state index is 11.9. The molecule has 0 fully saturated rings. The van der Waals surface area contributed by atoms with E-state index < -0.39 is 21.5 Å². The van der Waals surface area contributed by atoms with Gasteiger partial charge in [-0.15, -0.1) is 0 Å². The Morgan fingerprint density at radius 2 is 2.00 bits per heavy atom. The zero-order valence-corrected chi connectivity index (χ0v) is 12.7. The topological polar surface area (TPSA) is 108 Å². The summed E-state index contributed by atoms with van der Waals surface area (Å²) in [6, 6.07) is 1.33. The van der Waals surface area contributed by atoms with E-state index in [2.05, 4.69) is 15.0 Å². The summed E-state index contributed by atoms with van der Waals surface area (Å²) < 4.78 is 24.7. The fraction of sp³-hybridized carbons (Fsp3) is 0.500. The van der Waals surface area contributed by atoms with Crippen LogP contribution in [0.4, 0.5) is 0 Å². The normalized spacial score (nSPS) is 12.2. The van der Waals surface area contributed by atoms with Gasteiger partial charge in [0, 0.05) is 30.0 Å². The van der Waals surface area contributed by atoms with E-state index in [0.29, 0.717) is 5.69 Å². The number of rotatable bonds is 5. The summed E-state index contributed by atoms with van der Waals surface area (Å²) in [6.07, 6.45) is 2.38. The van der Waals surface area contributed by atoms with Crippen LogP contribution in [0.3, 0.4) is 0 Å². The molecule has 0 atom stereocenters. The van der Waals surface area contributed by atoms with Crippen LogP contribution in [-0.4, -0.2) is 37.6 Å². The third-order valence-electron chi connectivity index (χ3n) is 2.45. The lowest BCUT2D eigenvalue weighted by molar-refractivity contribution is 0.0943. The van der Waals surface area contributed by atoms with Gasteiger partial charge in [-0.2, -0.15) is 0 Å². The Labute approximate surface area is 117 Å². The Hall–Kier alpha value is -1.67. The molecule has 0 saturated carbocycles. The first-order valence-corrected chi connectivity index (χ1v) is 7.86. The average molecular weight is 301 g/mol. The van der Waals surface area contributed by atoms with Crippen molar-refractivity contribution < 1.29 is 13.2 Å². The SMILES string of the molecule is Cc1cc(=O)c(C(=O)NCC(C)(C)NS(C)(=O)=O)c[nH]1. The van der Waals surface area contributed by atoms with Crippen molar-refractivity contribution in [1.29, 1.82) is 0 Å². The van der Waals surface area contributed by atoms with Crippen LogP contribution < -0.4 is 15.5 Å². The van der Waals surface area contributed by atoms with Crippen molar-refractivity contribution in [1.82, 2.24) is 15.0 Å². The highest BCUT2D eigenvalue weighted by Gasteiger charge is 2.23. The molecular weight excluding hydrogens is 282 g/mol. The Balaban J connectivity index is 2.75. The van der Waals surface area contributed by atoms with Crippen LogP contribution in [0.25, 0.3) is 0 Å². The molecule has 0 bridgehead atoms. The van der Waals surface area contributed by atoms with Crippen molar-refractivity contribution in [3.8, 4) is 0 Å². The number of aromatic amines is 1. The number of aromatic nitrogens is 1. The molecule has 1 rings (SSSR count). The predicted molar refractivity (Wildman–Crippen MR) is 76.2 cm³/mol. The Kier molecular flexibility index (Phi) is 4.72. The average Bonchev–Trinajstić information content (AvgIpc) is 2.22. The van der Waals surface area contributed by atoms with E-state index in [1.54, 1.807) is 20.8 Å². The van der Waals surface area contributed by atoms with Crippen LogP contribution in [0.1, 0.15) is 29.9 Å². The highest BCUT2D eigenvalue weighted by molar-refractivity contribution is 7.88. The lowest BCUT2D eigenvalue weighted by atomic mass is 10.1. The molecule has 8 heteroatoms. The van der Waals surface area contributed by atoms with Crippen molar-refractivity contribution in [2.75, 3.05) is 12.8 Å². The number of H-pyrrole nitrogens is 1. The molecule has 0 aliphatic rings. The van der Waals surface area contributed by atoms with E-state index in [1.807, 2.05) is 0 Å². The fourth-order valence-electron chi connectivity index (χ4n) is 1.69. The standard InChI is InChI=1S/C12H19N3O4S/c1-8-5-10(16)9(6-13-8)11(17)14-7-12(2,3)15-20(4,18)19/h5-6,15H,7H2,1-4H3,(H,13,16)(H,14,17). The quantitative estimate of drug-likeness (QED) is 0.696. The maximum atomic E-state index is 11.9. The Morgan fingerprint density at radius 3 is 2.50 bits per heavy atom. The lowest BCUT2D eigenvalue weighted by Gasteiger charge is -2.25. The summed E-state index contributed by atoms with van der Waals surface area (Å²) >= 11 is 0. The second-order valence-corrected chi connectivity index (χ2v) is 7.08. The summed E-state index contributed by atoms with van der Waals surface area (Å²) in [4.78, 5) is 26.3. The van der Waals surface area contributed by atoms with Gasteiger partial charge in [-0.3, -0.25) is 9.59 Å². The Morgan fingerprint density at radius 1 is 1.40 bits per heavy atom. The van der Waals surface area contributed by atoms with Crippen LogP contribution in [0.5, 0.6) is 0 Å². The molecule has 1 aromatic rings. The molecule has 0 spiro atoms. The van der Waals surface area contributed by atoms with Gasteiger partial charge in [0.15, 0.2) is 5.43 Å². The molecule has 1 amide bonds. The molecule has 0 radical (unpaired) electrons. The minimum absolute atomic E-state index is 0.00856. The molecule has 3 N–H and O–H groups in total. The van der Waals surface area contributed by atoms with E-state index >= 15 is 0 Å². The first kappa shape index (κ1) is 16.4. The fourth-order valence-corrected chi connectivity index (χ4v) is 2.76. The predicted octanol–water partition coefficient (Wildman–Crippen LogP) is -0.259. The monoisotopic (exact) mass is 301 g/mol. The number of carbonyl (C=O) groups is 1. The zero-order valence-electron chi connectivity index (χ0n) is 11.9. The van der Waals surface area contributed by atoms with Gasteiger partial charge in [0.1, 0.15) is 5.56 Å². The lowest BCUT2D eigenvalue weighted by Crippen LogP contribution is -2.51. The van der Waals surface area contributed by atoms with Gasteiger partial charge in [0.05, 0.1) is 6.26 Å². The summed E-state index contributed by atoms with van der Waals surface area (Å²) in [7, 11) is -3.38. The highest BCUT2D eigenvalue weighted by atomic mass is 32.2. The van der Waals surface area contributed by atoms with Crippen LogP contribution >= 0.6 is 0 Å². The van der Waals surface area contributed by atoms with Gasteiger partial charge in [-0.05, 0) is 20.8 Å². The smallest absolute Gasteiger partial charge is 0.256 e. The molecule has 1 heterocycles. The molecular formula is C12H19N3O4S. The van der Waals surface area contributed by atoms with E-state index in [4.69, 9.17) is 0 Å².